The zero-order chi connectivity index (χ0) is 19.2. The van der Waals surface area contributed by atoms with Crippen molar-refractivity contribution in [1.29, 1.82) is 0 Å². The molecular weight excluding hydrogens is 340 g/mol. The summed E-state index contributed by atoms with van der Waals surface area (Å²) in [4.78, 5) is 25.3. The normalized spacial score (nSPS) is 14.0. The van der Waals surface area contributed by atoms with Gasteiger partial charge in [0.05, 0.1) is 12.3 Å². The lowest BCUT2D eigenvalue weighted by molar-refractivity contribution is -0.126. The van der Waals surface area contributed by atoms with Gasteiger partial charge in [0.25, 0.3) is 0 Å². The van der Waals surface area contributed by atoms with Crippen LogP contribution in [-0.2, 0) is 4.79 Å². The first kappa shape index (κ1) is 18.9. The van der Waals surface area contributed by atoms with Gasteiger partial charge in [-0.25, -0.2) is 9.97 Å². The van der Waals surface area contributed by atoms with Crippen molar-refractivity contribution < 1.29 is 9.53 Å². The van der Waals surface area contributed by atoms with Crippen molar-refractivity contribution in [3.05, 3.63) is 48.2 Å². The zero-order valence-corrected chi connectivity index (χ0v) is 16.2. The Balaban J connectivity index is 1.68. The molecule has 1 amide bonds. The summed E-state index contributed by atoms with van der Waals surface area (Å²) in [5.41, 5.74) is 2.93. The van der Waals surface area contributed by atoms with Crippen molar-refractivity contribution in [2.75, 3.05) is 37.7 Å². The lowest BCUT2D eigenvalue weighted by atomic mass is 10.1. The first-order valence-electron chi connectivity index (χ1n) is 9.32. The van der Waals surface area contributed by atoms with E-state index in [9.17, 15) is 4.79 Å². The van der Waals surface area contributed by atoms with E-state index < -0.39 is 0 Å². The van der Waals surface area contributed by atoms with Crippen molar-refractivity contribution >= 4 is 11.9 Å². The third-order valence-electron chi connectivity index (χ3n) is 4.39. The number of allylic oxidation sites excluding steroid dienone is 1. The first-order valence-corrected chi connectivity index (χ1v) is 9.32. The maximum Gasteiger partial charge on any atom is 0.246 e. The number of benzene rings is 1. The molecule has 1 saturated heterocycles. The molecule has 0 saturated carbocycles. The Hall–Kier alpha value is -2.89. The van der Waals surface area contributed by atoms with Crippen LogP contribution in [0.5, 0.6) is 5.75 Å². The van der Waals surface area contributed by atoms with Gasteiger partial charge < -0.3 is 14.5 Å². The molecule has 6 heteroatoms. The van der Waals surface area contributed by atoms with Crippen molar-refractivity contribution in [1.82, 2.24) is 14.9 Å². The summed E-state index contributed by atoms with van der Waals surface area (Å²) in [6, 6.07) is 9.83. The van der Waals surface area contributed by atoms with Gasteiger partial charge in [0.15, 0.2) is 0 Å². The molecule has 0 spiro atoms. The van der Waals surface area contributed by atoms with Crippen LogP contribution in [0.3, 0.4) is 0 Å². The summed E-state index contributed by atoms with van der Waals surface area (Å²) in [5, 5.41) is 0. The Morgan fingerprint density at radius 2 is 1.81 bits per heavy atom. The van der Waals surface area contributed by atoms with Gasteiger partial charge >= 0.3 is 0 Å². The van der Waals surface area contributed by atoms with E-state index in [1.807, 2.05) is 56.0 Å². The largest absolute Gasteiger partial charge is 0.494 e. The van der Waals surface area contributed by atoms with Crippen LogP contribution in [0.25, 0.3) is 11.3 Å². The van der Waals surface area contributed by atoms with Crippen LogP contribution in [0, 0.1) is 0 Å². The van der Waals surface area contributed by atoms with E-state index in [1.165, 1.54) is 0 Å². The van der Waals surface area contributed by atoms with Crippen molar-refractivity contribution in [3.63, 3.8) is 0 Å². The van der Waals surface area contributed by atoms with Gasteiger partial charge in [0.1, 0.15) is 5.75 Å². The fraction of sp³-hybridized carbons (Fsp3) is 0.381. The molecule has 27 heavy (non-hydrogen) atoms. The standard InChI is InChI=1S/C21H26N4O2/c1-4-27-18-7-5-17(6-8-18)19-9-10-22-21(23-19)25-13-11-24(12-14-25)20(26)15-16(2)3/h5-10,15H,4,11-14H2,1-3H3. The number of ether oxygens (including phenoxy) is 1. The highest BCUT2D eigenvalue weighted by Crippen LogP contribution is 2.22. The Morgan fingerprint density at radius 1 is 1.11 bits per heavy atom. The van der Waals surface area contributed by atoms with E-state index in [0.717, 1.165) is 35.7 Å². The van der Waals surface area contributed by atoms with Gasteiger partial charge in [-0.2, -0.15) is 0 Å². The predicted octanol–water partition coefficient (Wildman–Crippen LogP) is 3.16. The first-order chi connectivity index (χ1) is 13.1. The molecule has 0 unspecified atom stereocenters. The smallest absolute Gasteiger partial charge is 0.246 e. The van der Waals surface area contributed by atoms with Crippen LogP contribution in [0.1, 0.15) is 20.8 Å². The van der Waals surface area contributed by atoms with Gasteiger partial charge in [0, 0.05) is 44.0 Å². The van der Waals surface area contributed by atoms with Crippen molar-refractivity contribution in [3.8, 4) is 17.0 Å². The molecule has 2 heterocycles. The number of aromatic nitrogens is 2. The van der Waals surface area contributed by atoms with Crippen LogP contribution in [-0.4, -0.2) is 53.6 Å². The number of piperazine rings is 1. The minimum atomic E-state index is 0.0821. The zero-order valence-electron chi connectivity index (χ0n) is 16.2. The fourth-order valence-electron chi connectivity index (χ4n) is 3.02. The van der Waals surface area contributed by atoms with E-state index in [1.54, 1.807) is 12.3 Å². The molecule has 6 nitrogen and oxygen atoms in total. The van der Waals surface area contributed by atoms with E-state index in [0.29, 0.717) is 25.6 Å². The van der Waals surface area contributed by atoms with Crippen LogP contribution in [0.15, 0.2) is 48.2 Å². The third-order valence-corrected chi connectivity index (χ3v) is 4.39. The number of hydrogen-bond donors (Lipinski definition) is 0. The monoisotopic (exact) mass is 366 g/mol. The quantitative estimate of drug-likeness (QED) is 0.761. The van der Waals surface area contributed by atoms with E-state index in [-0.39, 0.29) is 5.91 Å². The lowest BCUT2D eigenvalue weighted by Gasteiger charge is -2.34. The molecule has 3 rings (SSSR count). The number of nitrogens with zero attached hydrogens (tertiary/aromatic N) is 4. The Kier molecular flexibility index (Phi) is 6.06. The molecule has 1 aliphatic rings. The van der Waals surface area contributed by atoms with E-state index >= 15 is 0 Å². The van der Waals surface area contributed by atoms with Gasteiger partial charge in [-0.15, -0.1) is 0 Å². The van der Waals surface area contributed by atoms with Gasteiger partial charge in [-0.3, -0.25) is 4.79 Å². The Morgan fingerprint density at radius 3 is 2.44 bits per heavy atom. The van der Waals surface area contributed by atoms with Crippen LogP contribution in [0.4, 0.5) is 5.95 Å². The number of hydrogen-bond acceptors (Lipinski definition) is 5. The minimum absolute atomic E-state index is 0.0821. The molecule has 0 bridgehead atoms. The summed E-state index contributed by atoms with van der Waals surface area (Å²) >= 11 is 0. The molecular formula is C21H26N4O2. The van der Waals surface area contributed by atoms with Crippen LogP contribution in [0.2, 0.25) is 0 Å². The highest BCUT2D eigenvalue weighted by atomic mass is 16.5. The molecule has 0 N–H and O–H groups in total. The van der Waals surface area contributed by atoms with E-state index in [4.69, 9.17) is 9.72 Å². The summed E-state index contributed by atoms with van der Waals surface area (Å²) in [6.45, 7) is 9.32. The van der Waals surface area contributed by atoms with Gasteiger partial charge in [0.2, 0.25) is 11.9 Å². The highest BCUT2D eigenvalue weighted by molar-refractivity contribution is 5.88. The van der Waals surface area contributed by atoms with Crippen LogP contribution < -0.4 is 9.64 Å². The average molecular weight is 366 g/mol. The van der Waals surface area contributed by atoms with Crippen LogP contribution >= 0.6 is 0 Å². The second-order valence-electron chi connectivity index (χ2n) is 6.73. The lowest BCUT2D eigenvalue weighted by Crippen LogP contribution is -2.48. The molecule has 2 aromatic rings. The maximum atomic E-state index is 12.2. The summed E-state index contributed by atoms with van der Waals surface area (Å²) in [7, 11) is 0. The summed E-state index contributed by atoms with van der Waals surface area (Å²) < 4.78 is 5.49. The van der Waals surface area contributed by atoms with Gasteiger partial charge in [-0.05, 0) is 51.1 Å². The van der Waals surface area contributed by atoms with Crippen molar-refractivity contribution in [2.45, 2.75) is 20.8 Å². The molecule has 0 aliphatic carbocycles. The predicted molar refractivity (Wildman–Crippen MR) is 107 cm³/mol. The fourth-order valence-corrected chi connectivity index (χ4v) is 3.02. The molecule has 1 aliphatic heterocycles. The second kappa shape index (κ2) is 8.66. The Labute approximate surface area is 160 Å². The molecule has 1 aromatic heterocycles. The number of carbonyl (C=O) groups is 1. The molecule has 1 fully saturated rings. The average Bonchev–Trinajstić information content (AvgIpc) is 2.68. The SMILES string of the molecule is CCOc1ccc(-c2ccnc(N3CCN(C(=O)C=C(C)C)CC3)n2)cc1. The maximum absolute atomic E-state index is 12.2. The van der Waals surface area contributed by atoms with Gasteiger partial charge in [-0.1, -0.05) is 5.57 Å². The number of anilines is 1. The molecule has 142 valence electrons. The second-order valence-corrected chi connectivity index (χ2v) is 6.73. The molecule has 1 aromatic carbocycles. The topological polar surface area (TPSA) is 58.6 Å². The summed E-state index contributed by atoms with van der Waals surface area (Å²) in [6.07, 6.45) is 3.48. The Bertz CT molecular complexity index is 805. The number of rotatable bonds is 5. The third kappa shape index (κ3) is 4.84. The van der Waals surface area contributed by atoms with Crippen molar-refractivity contribution in [2.24, 2.45) is 0 Å². The van der Waals surface area contributed by atoms with E-state index in [2.05, 4.69) is 9.88 Å². The number of amides is 1. The minimum Gasteiger partial charge on any atom is -0.494 e. The molecule has 0 radical (unpaired) electrons. The number of carbonyl (C=O) groups excluding carboxylic acids is 1. The highest BCUT2D eigenvalue weighted by Gasteiger charge is 2.21. The summed E-state index contributed by atoms with van der Waals surface area (Å²) in [5.74, 6) is 1.64. The molecule has 0 atom stereocenters.